The zero-order valence-corrected chi connectivity index (χ0v) is 15.6. The molecule has 0 atom stereocenters. The molecule has 5 heteroatoms. The summed E-state index contributed by atoms with van der Waals surface area (Å²) in [5, 5.41) is 16.2. The van der Waals surface area contributed by atoms with Gasteiger partial charge in [0.2, 0.25) is 0 Å². The highest BCUT2D eigenvalue weighted by Crippen LogP contribution is 2.38. The summed E-state index contributed by atoms with van der Waals surface area (Å²) in [4.78, 5) is 11.6. The number of aromatic carboxylic acids is 1. The number of allylic oxidation sites excluding steroid dienone is 6. The number of carboxylic acids is 1. The van der Waals surface area contributed by atoms with E-state index in [0.717, 1.165) is 50.1 Å². The number of ether oxygens (including phenoxy) is 1. The van der Waals surface area contributed by atoms with Crippen molar-refractivity contribution >= 4 is 17.3 Å². The Labute approximate surface area is 160 Å². The zero-order valence-electron chi connectivity index (χ0n) is 15.6. The fraction of sp³-hybridized carbons (Fsp3) is 0.318. The van der Waals surface area contributed by atoms with Crippen molar-refractivity contribution < 1.29 is 14.6 Å². The minimum absolute atomic E-state index is 0.226. The number of rotatable bonds is 9. The predicted molar refractivity (Wildman–Crippen MR) is 109 cm³/mol. The van der Waals surface area contributed by atoms with Gasteiger partial charge in [-0.25, -0.2) is 4.79 Å². The normalized spacial score (nSPS) is 15.3. The second-order valence-electron chi connectivity index (χ2n) is 6.62. The van der Waals surface area contributed by atoms with Crippen LogP contribution in [0, 0.1) is 0 Å². The molecule has 0 aromatic heterocycles. The molecule has 27 heavy (non-hydrogen) atoms. The quantitative estimate of drug-likeness (QED) is 0.506. The lowest BCUT2D eigenvalue weighted by atomic mass is 10.1. The van der Waals surface area contributed by atoms with Gasteiger partial charge in [0.25, 0.3) is 0 Å². The highest BCUT2D eigenvalue weighted by atomic mass is 16.5. The van der Waals surface area contributed by atoms with Crippen LogP contribution in [0.5, 0.6) is 5.75 Å². The minimum atomic E-state index is -0.960. The fourth-order valence-electron chi connectivity index (χ4n) is 2.98. The van der Waals surface area contributed by atoms with E-state index in [0.29, 0.717) is 17.1 Å². The summed E-state index contributed by atoms with van der Waals surface area (Å²) in [6, 6.07) is 3.28. The van der Waals surface area contributed by atoms with E-state index in [1.54, 1.807) is 12.1 Å². The average molecular weight is 366 g/mol. The van der Waals surface area contributed by atoms with Crippen LogP contribution in [0.15, 0.2) is 60.0 Å². The number of carbonyl (C=O) groups is 1. The zero-order chi connectivity index (χ0) is 19.1. The van der Waals surface area contributed by atoms with E-state index in [1.807, 2.05) is 18.2 Å². The Kier molecular flexibility index (Phi) is 6.36. The molecule has 0 saturated heterocycles. The molecule has 3 N–H and O–H groups in total. The van der Waals surface area contributed by atoms with Crippen molar-refractivity contribution in [1.82, 2.24) is 0 Å². The maximum atomic E-state index is 11.6. The van der Waals surface area contributed by atoms with Crippen LogP contribution in [-0.4, -0.2) is 17.6 Å². The molecule has 0 aliphatic heterocycles. The first-order chi connectivity index (χ1) is 13.2. The smallest absolute Gasteiger partial charge is 0.335 e. The van der Waals surface area contributed by atoms with Gasteiger partial charge in [0.05, 0.1) is 16.9 Å². The first-order valence-corrected chi connectivity index (χ1v) is 9.50. The van der Waals surface area contributed by atoms with Crippen molar-refractivity contribution in [2.24, 2.45) is 0 Å². The van der Waals surface area contributed by atoms with Crippen molar-refractivity contribution in [2.75, 3.05) is 17.2 Å². The van der Waals surface area contributed by atoms with Crippen molar-refractivity contribution in [3.05, 3.63) is 65.6 Å². The van der Waals surface area contributed by atoms with Crippen LogP contribution in [0.1, 0.15) is 49.4 Å². The number of nitrogens with one attached hydrogen (secondary N) is 2. The van der Waals surface area contributed by atoms with Crippen molar-refractivity contribution in [3.8, 4) is 5.75 Å². The second-order valence-corrected chi connectivity index (χ2v) is 6.62. The van der Waals surface area contributed by atoms with Gasteiger partial charge in [-0.3, -0.25) is 0 Å². The Morgan fingerprint density at radius 3 is 2.74 bits per heavy atom. The summed E-state index contributed by atoms with van der Waals surface area (Å²) in [6.07, 6.45) is 16.9. The van der Waals surface area contributed by atoms with Gasteiger partial charge in [-0.1, -0.05) is 31.6 Å². The molecule has 1 aromatic rings. The summed E-state index contributed by atoms with van der Waals surface area (Å²) in [5.74, 6) is 0.449. The average Bonchev–Trinajstić information content (AvgIpc) is 3.18. The molecule has 3 rings (SSSR count). The molecule has 0 saturated carbocycles. The number of benzene rings is 1. The molecule has 0 amide bonds. The van der Waals surface area contributed by atoms with Gasteiger partial charge >= 0.3 is 5.97 Å². The van der Waals surface area contributed by atoms with Crippen LogP contribution in [-0.2, 0) is 0 Å². The van der Waals surface area contributed by atoms with Gasteiger partial charge in [-0.05, 0) is 49.6 Å². The molecule has 0 heterocycles. The Balaban J connectivity index is 1.98. The van der Waals surface area contributed by atoms with Crippen molar-refractivity contribution in [2.45, 2.75) is 39.0 Å². The van der Waals surface area contributed by atoms with Gasteiger partial charge < -0.3 is 20.5 Å². The molecule has 0 radical (unpaired) electrons. The van der Waals surface area contributed by atoms with Gasteiger partial charge in [0.15, 0.2) is 5.75 Å². The van der Waals surface area contributed by atoms with E-state index >= 15 is 0 Å². The topological polar surface area (TPSA) is 70.6 Å². The lowest BCUT2D eigenvalue weighted by Crippen LogP contribution is -2.10. The van der Waals surface area contributed by atoms with Crippen LogP contribution in [0.3, 0.4) is 0 Å². The maximum Gasteiger partial charge on any atom is 0.335 e. The van der Waals surface area contributed by atoms with Crippen LogP contribution in [0.25, 0.3) is 0 Å². The van der Waals surface area contributed by atoms with Gasteiger partial charge in [0, 0.05) is 18.7 Å². The summed E-state index contributed by atoms with van der Waals surface area (Å²) >= 11 is 0. The van der Waals surface area contributed by atoms with E-state index in [2.05, 4.69) is 35.8 Å². The molecule has 0 spiro atoms. The Morgan fingerprint density at radius 1 is 1.22 bits per heavy atom. The summed E-state index contributed by atoms with van der Waals surface area (Å²) in [6.45, 7) is 2.88. The van der Waals surface area contributed by atoms with E-state index in [-0.39, 0.29) is 5.56 Å². The number of unbranched alkanes of at least 4 members (excludes halogenated alkanes) is 1. The first kappa shape index (κ1) is 18.8. The third kappa shape index (κ3) is 5.03. The summed E-state index contributed by atoms with van der Waals surface area (Å²) in [5.41, 5.74) is 2.58. The lowest BCUT2D eigenvalue weighted by molar-refractivity contribution is 0.0697. The standard InChI is InChI=1S/C22H26N2O3/c1-2-3-13-23-19-14-16(22(25)26)15-20(24-17-9-7-8-10-17)21(19)27-18-11-5-4-6-12-18/h5,7-9,11-12,14-15,23-24H,2-4,6,10,13H2,1H3,(H,25,26). The molecule has 5 nitrogen and oxygen atoms in total. The number of anilines is 2. The van der Waals surface area contributed by atoms with E-state index < -0.39 is 5.97 Å². The highest BCUT2D eigenvalue weighted by molar-refractivity contribution is 5.93. The number of hydrogen-bond acceptors (Lipinski definition) is 4. The molecule has 2 aliphatic carbocycles. The fourth-order valence-corrected chi connectivity index (χ4v) is 2.98. The molecule has 0 fully saturated rings. The number of carboxylic acid groups (broad SMARTS) is 1. The largest absolute Gasteiger partial charge is 0.478 e. The lowest BCUT2D eigenvalue weighted by Gasteiger charge is -2.20. The minimum Gasteiger partial charge on any atom is -0.478 e. The van der Waals surface area contributed by atoms with E-state index in [1.165, 1.54) is 0 Å². The molecule has 0 bridgehead atoms. The van der Waals surface area contributed by atoms with Crippen LogP contribution in [0.4, 0.5) is 11.4 Å². The Morgan fingerprint density at radius 2 is 2.07 bits per heavy atom. The van der Waals surface area contributed by atoms with Gasteiger partial charge in [-0.15, -0.1) is 0 Å². The maximum absolute atomic E-state index is 11.6. The summed E-state index contributed by atoms with van der Waals surface area (Å²) < 4.78 is 6.20. The molecule has 142 valence electrons. The Bertz CT molecular complexity index is 819. The van der Waals surface area contributed by atoms with E-state index in [4.69, 9.17) is 4.74 Å². The highest BCUT2D eigenvalue weighted by Gasteiger charge is 2.18. The van der Waals surface area contributed by atoms with Gasteiger partial charge in [0.1, 0.15) is 5.76 Å². The molecule has 0 unspecified atom stereocenters. The van der Waals surface area contributed by atoms with Crippen LogP contribution in [0.2, 0.25) is 0 Å². The molecular weight excluding hydrogens is 340 g/mol. The van der Waals surface area contributed by atoms with Crippen LogP contribution < -0.4 is 15.4 Å². The van der Waals surface area contributed by atoms with Gasteiger partial charge in [-0.2, -0.15) is 0 Å². The molecule has 1 aromatic carbocycles. The Hall–Kier alpha value is -2.95. The van der Waals surface area contributed by atoms with Crippen molar-refractivity contribution in [3.63, 3.8) is 0 Å². The summed E-state index contributed by atoms with van der Waals surface area (Å²) in [7, 11) is 0. The SMILES string of the molecule is CCCCNc1cc(C(=O)O)cc(NC2=CC=CC2)c1OC1=CCCC=C1. The number of hydrogen-bond donors (Lipinski definition) is 3. The third-order valence-electron chi connectivity index (χ3n) is 4.43. The predicted octanol–water partition coefficient (Wildman–Crippen LogP) is 5.47. The molecular formula is C22H26N2O3. The first-order valence-electron chi connectivity index (χ1n) is 9.50. The second kappa shape index (κ2) is 9.12. The third-order valence-corrected chi connectivity index (χ3v) is 4.43. The van der Waals surface area contributed by atoms with Crippen molar-refractivity contribution in [1.29, 1.82) is 0 Å². The van der Waals surface area contributed by atoms with E-state index in [9.17, 15) is 9.90 Å². The van der Waals surface area contributed by atoms with Crippen LogP contribution >= 0.6 is 0 Å². The monoisotopic (exact) mass is 366 g/mol. The molecule has 2 aliphatic rings.